The molecule has 2 aromatic rings. The minimum Gasteiger partial charge on any atom is -0.394 e. The van der Waals surface area contributed by atoms with E-state index < -0.39 is 12.2 Å². The standard InChI is InChI=1S/C12H17N3O4/c1-19-10(6-16)9(17)3-5-15-7-14-11-8(15)2-4-13-12(11)18/h2,4,7,9-10,16-17H,3,5-6H2,1H3,(H,13,18)/t9-,10?/m1/s1. The van der Waals surface area contributed by atoms with Crippen LogP contribution in [0.25, 0.3) is 11.0 Å². The van der Waals surface area contributed by atoms with Crippen LogP contribution in [0.15, 0.2) is 23.4 Å². The number of imidazole rings is 1. The van der Waals surface area contributed by atoms with Gasteiger partial charge in [0.05, 0.1) is 24.6 Å². The Labute approximate surface area is 109 Å². The number of nitrogens with one attached hydrogen (secondary N) is 1. The van der Waals surface area contributed by atoms with Gasteiger partial charge in [-0.05, 0) is 12.5 Å². The molecule has 7 nitrogen and oxygen atoms in total. The number of hydrogen-bond donors (Lipinski definition) is 3. The lowest BCUT2D eigenvalue weighted by Crippen LogP contribution is -2.32. The lowest BCUT2D eigenvalue weighted by atomic mass is 10.1. The molecule has 0 radical (unpaired) electrons. The van der Waals surface area contributed by atoms with E-state index in [1.54, 1.807) is 23.2 Å². The van der Waals surface area contributed by atoms with Crippen LogP contribution in [0.3, 0.4) is 0 Å². The number of aliphatic hydroxyl groups excluding tert-OH is 2. The molecule has 2 heterocycles. The summed E-state index contributed by atoms with van der Waals surface area (Å²) < 4.78 is 6.75. The molecule has 19 heavy (non-hydrogen) atoms. The van der Waals surface area contributed by atoms with Gasteiger partial charge in [0, 0.05) is 19.9 Å². The Hall–Kier alpha value is -1.70. The molecule has 0 amide bonds. The Bertz CT molecular complexity index is 588. The largest absolute Gasteiger partial charge is 0.394 e. The third-order valence-corrected chi connectivity index (χ3v) is 3.13. The highest BCUT2D eigenvalue weighted by Gasteiger charge is 2.17. The SMILES string of the molecule is COC(CO)[C@H](O)CCn1cnc2c(=O)[nH]ccc21. The highest BCUT2D eigenvalue weighted by atomic mass is 16.5. The maximum absolute atomic E-state index is 11.5. The van der Waals surface area contributed by atoms with Crippen LogP contribution >= 0.6 is 0 Å². The molecule has 0 fully saturated rings. The molecular weight excluding hydrogens is 250 g/mol. The van der Waals surface area contributed by atoms with Crippen molar-refractivity contribution >= 4 is 11.0 Å². The predicted molar refractivity (Wildman–Crippen MR) is 68.9 cm³/mol. The van der Waals surface area contributed by atoms with Gasteiger partial charge in [0.1, 0.15) is 6.10 Å². The summed E-state index contributed by atoms with van der Waals surface area (Å²) in [5, 5.41) is 18.9. The molecule has 2 aromatic heterocycles. The summed E-state index contributed by atoms with van der Waals surface area (Å²) in [4.78, 5) is 18.1. The first-order valence-electron chi connectivity index (χ1n) is 6.01. The van der Waals surface area contributed by atoms with E-state index in [2.05, 4.69) is 9.97 Å². The van der Waals surface area contributed by atoms with Gasteiger partial charge in [0.25, 0.3) is 5.56 Å². The van der Waals surface area contributed by atoms with E-state index >= 15 is 0 Å². The highest BCUT2D eigenvalue weighted by Crippen LogP contribution is 2.10. The quantitative estimate of drug-likeness (QED) is 0.654. The Balaban J connectivity index is 2.10. The van der Waals surface area contributed by atoms with Crippen LogP contribution in [-0.2, 0) is 11.3 Å². The van der Waals surface area contributed by atoms with Gasteiger partial charge >= 0.3 is 0 Å². The number of pyridine rings is 1. The van der Waals surface area contributed by atoms with Gasteiger partial charge in [-0.15, -0.1) is 0 Å². The summed E-state index contributed by atoms with van der Waals surface area (Å²) in [7, 11) is 1.44. The van der Waals surface area contributed by atoms with E-state index in [-0.39, 0.29) is 12.2 Å². The monoisotopic (exact) mass is 267 g/mol. The van der Waals surface area contributed by atoms with Crippen molar-refractivity contribution in [2.45, 2.75) is 25.2 Å². The van der Waals surface area contributed by atoms with E-state index in [4.69, 9.17) is 9.84 Å². The molecule has 0 aliphatic heterocycles. The molecule has 0 saturated carbocycles. The number of H-pyrrole nitrogens is 1. The number of aliphatic hydroxyl groups is 2. The summed E-state index contributed by atoms with van der Waals surface area (Å²) in [6.07, 6.45) is 2.16. The second-order valence-electron chi connectivity index (χ2n) is 4.29. The molecule has 3 N–H and O–H groups in total. The summed E-state index contributed by atoms with van der Waals surface area (Å²) >= 11 is 0. The fourth-order valence-electron chi connectivity index (χ4n) is 1.99. The number of aromatic nitrogens is 3. The molecule has 2 atom stereocenters. The predicted octanol–water partition coefficient (Wildman–Crippen LogP) is -0.517. The number of hydrogen-bond acceptors (Lipinski definition) is 5. The van der Waals surface area contributed by atoms with Gasteiger partial charge in [0.2, 0.25) is 0 Å². The van der Waals surface area contributed by atoms with Gasteiger partial charge in [-0.25, -0.2) is 4.98 Å². The number of nitrogens with zero attached hydrogens (tertiary/aromatic N) is 2. The van der Waals surface area contributed by atoms with Crippen molar-refractivity contribution in [3.8, 4) is 0 Å². The molecule has 0 aliphatic carbocycles. The number of aromatic amines is 1. The molecule has 0 aliphatic rings. The summed E-state index contributed by atoms with van der Waals surface area (Å²) in [5.74, 6) is 0. The van der Waals surface area contributed by atoms with Crippen molar-refractivity contribution in [3.63, 3.8) is 0 Å². The van der Waals surface area contributed by atoms with Crippen molar-refractivity contribution in [2.75, 3.05) is 13.7 Å². The zero-order valence-electron chi connectivity index (χ0n) is 10.6. The van der Waals surface area contributed by atoms with Gasteiger partial charge in [-0.3, -0.25) is 4.79 Å². The first-order chi connectivity index (χ1) is 9.17. The third-order valence-electron chi connectivity index (χ3n) is 3.13. The molecule has 0 aromatic carbocycles. The molecule has 104 valence electrons. The molecule has 1 unspecified atom stereocenters. The van der Waals surface area contributed by atoms with Crippen molar-refractivity contribution < 1.29 is 14.9 Å². The van der Waals surface area contributed by atoms with Crippen molar-refractivity contribution in [2.24, 2.45) is 0 Å². The maximum Gasteiger partial charge on any atom is 0.276 e. The summed E-state index contributed by atoms with van der Waals surface area (Å²) in [6.45, 7) is 0.253. The van der Waals surface area contributed by atoms with Crippen LogP contribution < -0.4 is 5.56 Å². The average molecular weight is 267 g/mol. The van der Waals surface area contributed by atoms with E-state index in [0.717, 1.165) is 0 Å². The fraction of sp³-hybridized carbons (Fsp3) is 0.500. The zero-order valence-corrected chi connectivity index (χ0v) is 10.6. The first-order valence-corrected chi connectivity index (χ1v) is 6.01. The van der Waals surface area contributed by atoms with Crippen LogP contribution in [0, 0.1) is 0 Å². The second-order valence-corrected chi connectivity index (χ2v) is 4.29. The van der Waals surface area contributed by atoms with Gasteiger partial charge in [0.15, 0.2) is 5.52 Å². The van der Waals surface area contributed by atoms with Crippen molar-refractivity contribution in [3.05, 3.63) is 28.9 Å². The number of methoxy groups -OCH3 is 1. The van der Waals surface area contributed by atoms with E-state index in [1.807, 2.05) is 0 Å². The minimum atomic E-state index is -0.769. The van der Waals surface area contributed by atoms with E-state index in [1.165, 1.54) is 7.11 Å². The van der Waals surface area contributed by atoms with Crippen LogP contribution in [-0.4, -0.2) is 50.7 Å². The third kappa shape index (κ3) is 2.83. The number of rotatable bonds is 6. The normalized spacial score (nSPS) is 14.7. The Kier molecular flexibility index (Phi) is 4.31. The number of ether oxygens (including phenoxy) is 1. The average Bonchev–Trinajstić information content (AvgIpc) is 2.82. The lowest BCUT2D eigenvalue weighted by molar-refractivity contribution is -0.0450. The number of fused-ring (bicyclic) bond motifs is 1. The second kappa shape index (κ2) is 5.96. The van der Waals surface area contributed by atoms with Gasteiger partial charge in [-0.2, -0.15) is 0 Å². The van der Waals surface area contributed by atoms with Crippen LogP contribution in [0.4, 0.5) is 0 Å². The van der Waals surface area contributed by atoms with Gasteiger partial charge < -0.3 is 24.5 Å². The van der Waals surface area contributed by atoms with Crippen molar-refractivity contribution in [1.82, 2.24) is 14.5 Å². The maximum atomic E-state index is 11.5. The van der Waals surface area contributed by atoms with Crippen LogP contribution in [0.2, 0.25) is 0 Å². The number of aryl methyl sites for hydroxylation is 1. The Morgan fingerprint density at radius 3 is 3.05 bits per heavy atom. The molecular formula is C12H17N3O4. The highest BCUT2D eigenvalue weighted by molar-refractivity contribution is 5.73. The summed E-state index contributed by atoms with van der Waals surface area (Å²) in [6, 6.07) is 1.76. The topological polar surface area (TPSA) is 100 Å². The minimum absolute atomic E-state index is 0.234. The molecule has 0 bridgehead atoms. The Morgan fingerprint density at radius 2 is 2.37 bits per heavy atom. The van der Waals surface area contributed by atoms with Gasteiger partial charge in [-0.1, -0.05) is 0 Å². The fourth-order valence-corrected chi connectivity index (χ4v) is 1.99. The Morgan fingerprint density at radius 1 is 1.58 bits per heavy atom. The molecule has 0 spiro atoms. The molecule has 2 rings (SSSR count). The van der Waals surface area contributed by atoms with Crippen LogP contribution in [0.5, 0.6) is 0 Å². The summed E-state index contributed by atoms with van der Waals surface area (Å²) in [5.41, 5.74) is 0.860. The smallest absolute Gasteiger partial charge is 0.276 e. The molecule has 0 saturated heterocycles. The van der Waals surface area contributed by atoms with Crippen molar-refractivity contribution in [1.29, 1.82) is 0 Å². The first kappa shape index (κ1) is 13.7. The lowest BCUT2D eigenvalue weighted by Gasteiger charge is -2.19. The zero-order chi connectivity index (χ0) is 13.8. The van der Waals surface area contributed by atoms with E-state index in [9.17, 15) is 9.90 Å². The molecule has 7 heteroatoms. The van der Waals surface area contributed by atoms with E-state index in [0.29, 0.717) is 24.0 Å². The van der Waals surface area contributed by atoms with Crippen LogP contribution in [0.1, 0.15) is 6.42 Å².